The van der Waals surface area contributed by atoms with Crippen LogP contribution in [0.1, 0.15) is 28.5 Å². The second kappa shape index (κ2) is 4.59. The highest BCUT2D eigenvalue weighted by atomic mass is 19.2. The van der Waals surface area contributed by atoms with Crippen LogP contribution in [0.5, 0.6) is 0 Å². The number of aromatic nitrogens is 2. The number of hydrogen-bond donors (Lipinski definition) is 2. The lowest BCUT2D eigenvalue weighted by Crippen LogP contribution is -2.24. The largest absolute Gasteiger partial charge is 0.476 e. The zero-order valence-electron chi connectivity index (χ0n) is 10.3. The predicted octanol–water partition coefficient (Wildman–Crippen LogP) is 2.26. The predicted molar refractivity (Wildman–Crippen MR) is 66.8 cm³/mol. The molecule has 0 saturated heterocycles. The van der Waals surface area contributed by atoms with E-state index in [4.69, 9.17) is 5.11 Å². The quantitative estimate of drug-likeness (QED) is 0.885. The molecule has 3 rings (SSSR count). The highest BCUT2D eigenvalue weighted by Crippen LogP contribution is 2.30. The first-order chi connectivity index (χ1) is 9.56. The first-order valence-electron chi connectivity index (χ1n) is 6.08. The van der Waals surface area contributed by atoms with Crippen LogP contribution in [0.15, 0.2) is 24.3 Å². The van der Waals surface area contributed by atoms with Crippen molar-refractivity contribution in [2.45, 2.75) is 12.5 Å². The standard InChI is InChI=1S/C13H11F2N3O2/c14-8-2-1-7(5-9(8)15)11-3-4-16-12-6-10(13(19)20)17-18(11)12/h1-2,5-6,11,16H,3-4H2,(H,19,20). The average molecular weight is 279 g/mol. The molecule has 2 heterocycles. The van der Waals surface area contributed by atoms with Gasteiger partial charge < -0.3 is 10.4 Å². The number of hydrogen-bond acceptors (Lipinski definition) is 3. The summed E-state index contributed by atoms with van der Waals surface area (Å²) in [6.45, 7) is 0.606. The number of rotatable bonds is 2. The van der Waals surface area contributed by atoms with Crippen molar-refractivity contribution in [2.24, 2.45) is 0 Å². The molecule has 0 amide bonds. The van der Waals surface area contributed by atoms with E-state index < -0.39 is 17.6 Å². The van der Waals surface area contributed by atoms with Crippen LogP contribution in [0.2, 0.25) is 0 Å². The molecule has 1 aliphatic heterocycles. The fourth-order valence-electron chi connectivity index (χ4n) is 2.36. The first kappa shape index (κ1) is 12.6. The van der Waals surface area contributed by atoms with Crippen molar-refractivity contribution in [1.82, 2.24) is 9.78 Å². The van der Waals surface area contributed by atoms with E-state index in [-0.39, 0.29) is 11.7 Å². The van der Waals surface area contributed by atoms with Gasteiger partial charge in [-0.15, -0.1) is 0 Å². The van der Waals surface area contributed by atoms with Gasteiger partial charge in [-0.05, 0) is 24.1 Å². The fraction of sp³-hybridized carbons (Fsp3) is 0.231. The summed E-state index contributed by atoms with van der Waals surface area (Å²) in [5.41, 5.74) is 0.480. The van der Waals surface area contributed by atoms with E-state index in [1.807, 2.05) is 0 Å². The Labute approximate surface area is 112 Å². The lowest BCUT2D eigenvalue weighted by Gasteiger charge is -2.26. The lowest BCUT2D eigenvalue weighted by atomic mass is 10.0. The maximum absolute atomic E-state index is 13.3. The van der Waals surface area contributed by atoms with Crippen LogP contribution in [-0.4, -0.2) is 27.4 Å². The van der Waals surface area contributed by atoms with Gasteiger partial charge in [0.1, 0.15) is 5.82 Å². The van der Waals surface area contributed by atoms with Gasteiger partial charge in [0.2, 0.25) is 0 Å². The second-order valence-electron chi connectivity index (χ2n) is 4.57. The molecule has 7 heteroatoms. The van der Waals surface area contributed by atoms with E-state index in [0.717, 1.165) is 12.1 Å². The third-order valence-electron chi connectivity index (χ3n) is 3.30. The van der Waals surface area contributed by atoms with Crippen molar-refractivity contribution in [2.75, 3.05) is 11.9 Å². The van der Waals surface area contributed by atoms with Crippen LogP contribution < -0.4 is 5.32 Å². The van der Waals surface area contributed by atoms with E-state index in [1.54, 1.807) is 0 Å². The van der Waals surface area contributed by atoms with Gasteiger partial charge in [0.25, 0.3) is 0 Å². The van der Waals surface area contributed by atoms with Crippen LogP contribution >= 0.6 is 0 Å². The molecule has 2 aromatic rings. The summed E-state index contributed by atoms with van der Waals surface area (Å²) >= 11 is 0. The Bertz CT molecular complexity index is 684. The SMILES string of the molecule is O=C(O)c1cc2n(n1)C(c1ccc(F)c(F)c1)CCN2. The molecule has 0 aliphatic carbocycles. The lowest BCUT2D eigenvalue weighted by molar-refractivity contribution is 0.0689. The zero-order chi connectivity index (χ0) is 14.3. The maximum Gasteiger partial charge on any atom is 0.356 e. The highest BCUT2D eigenvalue weighted by molar-refractivity contribution is 5.86. The highest BCUT2D eigenvalue weighted by Gasteiger charge is 2.25. The number of anilines is 1. The summed E-state index contributed by atoms with van der Waals surface area (Å²) in [4.78, 5) is 10.9. The molecule has 1 aliphatic rings. The number of aromatic carboxylic acids is 1. The van der Waals surface area contributed by atoms with Crippen LogP contribution in [-0.2, 0) is 0 Å². The van der Waals surface area contributed by atoms with E-state index in [0.29, 0.717) is 24.3 Å². The smallest absolute Gasteiger partial charge is 0.356 e. The van der Waals surface area contributed by atoms with Gasteiger partial charge in [0, 0.05) is 12.6 Å². The van der Waals surface area contributed by atoms with Crippen molar-refractivity contribution in [3.05, 3.63) is 47.2 Å². The van der Waals surface area contributed by atoms with Crippen molar-refractivity contribution in [1.29, 1.82) is 0 Å². The molecule has 0 saturated carbocycles. The van der Waals surface area contributed by atoms with Crippen molar-refractivity contribution in [3.8, 4) is 0 Å². The molecule has 5 nitrogen and oxygen atoms in total. The van der Waals surface area contributed by atoms with Crippen LogP contribution in [0.25, 0.3) is 0 Å². The van der Waals surface area contributed by atoms with Gasteiger partial charge >= 0.3 is 5.97 Å². The Hall–Kier alpha value is -2.44. The minimum atomic E-state index is -1.13. The molecule has 0 bridgehead atoms. The number of carboxylic acid groups (broad SMARTS) is 1. The monoisotopic (exact) mass is 279 g/mol. The maximum atomic E-state index is 13.3. The molecule has 0 fully saturated rings. The Balaban J connectivity index is 2.04. The Kier molecular flexibility index (Phi) is 2.89. The molecule has 1 atom stereocenters. The van der Waals surface area contributed by atoms with Crippen LogP contribution in [0, 0.1) is 11.6 Å². The van der Waals surface area contributed by atoms with Gasteiger partial charge in [-0.3, -0.25) is 0 Å². The molecule has 1 aromatic heterocycles. The van der Waals surface area contributed by atoms with Crippen LogP contribution in [0.4, 0.5) is 14.6 Å². The normalized spacial score (nSPS) is 17.4. The zero-order valence-corrected chi connectivity index (χ0v) is 10.3. The summed E-state index contributed by atoms with van der Waals surface area (Å²) in [6, 6.07) is 4.79. The summed E-state index contributed by atoms with van der Waals surface area (Å²) in [7, 11) is 0. The number of nitrogens with zero attached hydrogens (tertiary/aromatic N) is 2. The van der Waals surface area contributed by atoms with Gasteiger partial charge in [0.15, 0.2) is 17.3 Å². The summed E-state index contributed by atoms with van der Waals surface area (Å²) < 4.78 is 27.8. The van der Waals surface area contributed by atoms with E-state index in [2.05, 4.69) is 10.4 Å². The summed E-state index contributed by atoms with van der Waals surface area (Å²) in [5, 5.41) is 16.0. The molecular weight excluding hydrogens is 268 g/mol. The molecule has 104 valence electrons. The van der Waals surface area contributed by atoms with E-state index in [1.165, 1.54) is 16.8 Å². The van der Waals surface area contributed by atoms with Crippen molar-refractivity contribution >= 4 is 11.8 Å². The molecule has 2 N–H and O–H groups in total. The number of nitrogens with one attached hydrogen (secondary N) is 1. The third-order valence-corrected chi connectivity index (χ3v) is 3.30. The first-order valence-corrected chi connectivity index (χ1v) is 6.08. The Morgan fingerprint density at radius 3 is 2.85 bits per heavy atom. The molecule has 20 heavy (non-hydrogen) atoms. The molecular formula is C13H11F2N3O2. The van der Waals surface area contributed by atoms with Crippen LogP contribution in [0.3, 0.4) is 0 Å². The van der Waals surface area contributed by atoms with Crippen molar-refractivity contribution < 1.29 is 18.7 Å². The third kappa shape index (κ3) is 2.01. The summed E-state index contributed by atoms with van der Waals surface area (Å²) in [5.74, 6) is -2.40. The second-order valence-corrected chi connectivity index (χ2v) is 4.57. The molecule has 1 unspecified atom stereocenters. The Morgan fingerprint density at radius 1 is 1.35 bits per heavy atom. The topological polar surface area (TPSA) is 67.1 Å². The number of fused-ring (bicyclic) bond motifs is 1. The number of carbonyl (C=O) groups is 1. The fourth-order valence-corrected chi connectivity index (χ4v) is 2.36. The van der Waals surface area contributed by atoms with Gasteiger partial charge in [-0.2, -0.15) is 5.10 Å². The Morgan fingerprint density at radius 2 is 2.15 bits per heavy atom. The van der Waals surface area contributed by atoms with E-state index >= 15 is 0 Å². The molecule has 0 spiro atoms. The molecule has 0 radical (unpaired) electrons. The average Bonchev–Trinajstić information content (AvgIpc) is 2.86. The van der Waals surface area contributed by atoms with Gasteiger partial charge in [-0.25, -0.2) is 18.3 Å². The van der Waals surface area contributed by atoms with Crippen molar-refractivity contribution in [3.63, 3.8) is 0 Å². The summed E-state index contributed by atoms with van der Waals surface area (Å²) in [6.07, 6.45) is 0.610. The minimum absolute atomic E-state index is 0.0815. The van der Waals surface area contributed by atoms with Gasteiger partial charge in [0.05, 0.1) is 6.04 Å². The minimum Gasteiger partial charge on any atom is -0.476 e. The molecule has 1 aromatic carbocycles. The van der Waals surface area contributed by atoms with E-state index in [9.17, 15) is 13.6 Å². The number of carboxylic acids is 1. The number of benzene rings is 1. The van der Waals surface area contributed by atoms with Gasteiger partial charge in [-0.1, -0.05) is 6.07 Å². The number of halogens is 2.